The molecule has 1 aliphatic carbocycles. The van der Waals surface area contributed by atoms with Crippen LogP contribution >= 0.6 is 0 Å². The van der Waals surface area contributed by atoms with Gasteiger partial charge in [-0.3, -0.25) is 4.79 Å². The van der Waals surface area contributed by atoms with Crippen molar-refractivity contribution in [2.24, 2.45) is 0 Å². The maximum Gasteiger partial charge on any atom is 0.336 e. The van der Waals surface area contributed by atoms with Crippen LogP contribution in [0.3, 0.4) is 0 Å². The van der Waals surface area contributed by atoms with Gasteiger partial charge in [0, 0.05) is 34.9 Å². The lowest BCUT2D eigenvalue weighted by atomic mass is 9.71. The van der Waals surface area contributed by atoms with E-state index in [2.05, 4.69) is 5.32 Å². The number of rotatable bonds is 7. The van der Waals surface area contributed by atoms with Crippen molar-refractivity contribution in [2.75, 3.05) is 35.5 Å². The van der Waals surface area contributed by atoms with Crippen molar-refractivity contribution >= 4 is 11.8 Å². The number of hydrogen-bond acceptors (Lipinski definition) is 8. The van der Waals surface area contributed by atoms with E-state index in [1.165, 1.54) is 28.4 Å². The molecule has 190 valence electrons. The van der Waals surface area contributed by atoms with Gasteiger partial charge in [0.25, 0.3) is 0 Å². The maximum absolute atomic E-state index is 13.8. The summed E-state index contributed by atoms with van der Waals surface area (Å²) in [5.41, 5.74) is 3.86. The minimum atomic E-state index is -0.699. The third-order valence-electron chi connectivity index (χ3n) is 6.86. The number of ketones is 1. The molecular formula is C28H31NO7. The Morgan fingerprint density at radius 3 is 2.17 bits per heavy atom. The molecule has 0 spiro atoms. The van der Waals surface area contributed by atoms with E-state index in [0.29, 0.717) is 46.1 Å². The van der Waals surface area contributed by atoms with Crippen LogP contribution in [0.1, 0.15) is 42.7 Å². The number of hydrogen-bond donors (Lipinski definition) is 1. The second-order valence-corrected chi connectivity index (χ2v) is 8.67. The minimum absolute atomic E-state index is 0.0598. The molecule has 0 amide bonds. The molecule has 2 aromatic rings. The van der Waals surface area contributed by atoms with E-state index in [4.69, 9.17) is 23.7 Å². The van der Waals surface area contributed by atoms with E-state index in [1.54, 1.807) is 19.2 Å². The smallest absolute Gasteiger partial charge is 0.336 e. The average Bonchev–Trinajstić information content (AvgIpc) is 2.90. The Kier molecular flexibility index (Phi) is 7.24. The first-order chi connectivity index (χ1) is 17.4. The highest BCUT2D eigenvalue weighted by Gasteiger charge is 2.43. The predicted molar refractivity (Wildman–Crippen MR) is 134 cm³/mol. The van der Waals surface area contributed by atoms with Gasteiger partial charge >= 0.3 is 5.97 Å². The van der Waals surface area contributed by atoms with Crippen LogP contribution in [-0.2, 0) is 14.3 Å². The molecular weight excluding hydrogens is 462 g/mol. The lowest BCUT2D eigenvalue weighted by Gasteiger charge is -2.37. The van der Waals surface area contributed by atoms with Gasteiger partial charge in [0.15, 0.2) is 17.3 Å². The van der Waals surface area contributed by atoms with Gasteiger partial charge in [0.05, 0.1) is 47.0 Å². The maximum atomic E-state index is 13.8. The summed E-state index contributed by atoms with van der Waals surface area (Å²) in [5.74, 6) is 0.654. The number of benzene rings is 2. The fourth-order valence-corrected chi connectivity index (χ4v) is 5.31. The molecule has 2 aromatic carbocycles. The molecule has 1 aliphatic heterocycles. The zero-order valence-electron chi connectivity index (χ0n) is 21.4. The van der Waals surface area contributed by atoms with Crippen LogP contribution in [0.15, 0.2) is 58.9 Å². The van der Waals surface area contributed by atoms with Gasteiger partial charge in [-0.15, -0.1) is 0 Å². The van der Waals surface area contributed by atoms with Crippen LogP contribution in [0.25, 0.3) is 0 Å². The summed E-state index contributed by atoms with van der Waals surface area (Å²) in [6.07, 6.45) is 0.861. The minimum Gasteiger partial charge on any atom is -0.496 e. The third-order valence-corrected chi connectivity index (χ3v) is 6.86. The monoisotopic (exact) mass is 493 g/mol. The Morgan fingerprint density at radius 1 is 0.833 bits per heavy atom. The number of methoxy groups -OCH3 is 5. The summed E-state index contributed by atoms with van der Waals surface area (Å²) >= 11 is 0. The lowest BCUT2D eigenvalue weighted by molar-refractivity contribution is -0.136. The molecule has 0 radical (unpaired) electrons. The molecule has 0 aromatic heterocycles. The van der Waals surface area contributed by atoms with Crippen LogP contribution in [-0.4, -0.2) is 47.3 Å². The van der Waals surface area contributed by atoms with E-state index < -0.39 is 11.9 Å². The Balaban J connectivity index is 1.91. The zero-order chi connectivity index (χ0) is 26.0. The largest absolute Gasteiger partial charge is 0.496 e. The fourth-order valence-electron chi connectivity index (χ4n) is 5.31. The first kappa shape index (κ1) is 25.2. The topological polar surface area (TPSA) is 92.3 Å². The highest BCUT2D eigenvalue weighted by molar-refractivity contribution is 6.04. The molecule has 1 heterocycles. The zero-order valence-corrected chi connectivity index (χ0v) is 21.4. The normalized spacial score (nSPS) is 19.3. The molecule has 4 rings (SSSR count). The van der Waals surface area contributed by atoms with Gasteiger partial charge in [-0.1, -0.05) is 24.3 Å². The fraction of sp³-hybridized carbons (Fsp3) is 0.357. The van der Waals surface area contributed by atoms with Gasteiger partial charge in [-0.2, -0.15) is 0 Å². The van der Waals surface area contributed by atoms with E-state index in [9.17, 15) is 9.59 Å². The molecule has 1 N–H and O–H groups in total. The number of carbonyl (C=O) groups is 2. The van der Waals surface area contributed by atoms with Crippen LogP contribution < -0.4 is 24.3 Å². The SMILES string of the molecule is COC(=O)C1=C(C)NC2=C(C(=O)C[C@@H](c3ccccc3OC)C2)[C@H]1c1ccc(OC)c(OC)c1OC. The number of ether oxygens (including phenoxy) is 5. The molecule has 36 heavy (non-hydrogen) atoms. The van der Waals surface area contributed by atoms with Crippen LogP contribution in [0.5, 0.6) is 23.0 Å². The molecule has 8 nitrogen and oxygen atoms in total. The number of dihydropyridines is 1. The number of para-hydroxylation sites is 1. The van der Waals surface area contributed by atoms with Gasteiger partial charge in [-0.05, 0) is 31.0 Å². The molecule has 0 saturated carbocycles. The van der Waals surface area contributed by atoms with Gasteiger partial charge < -0.3 is 29.0 Å². The summed E-state index contributed by atoms with van der Waals surface area (Å²) in [6, 6.07) is 11.3. The van der Waals surface area contributed by atoms with Crippen LogP contribution in [0.2, 0.25) is 0 Å². The quantitative estimate of drug-likeness (QED) is 0.572. The van der Waals surface area contributed by atoms with Crippen molar-refractivity contribution < 1.29 is 33.3 Å². The highest BCUT2D eigenvalue weighted by Crippen LogP contribution is 2.51. The molecule has 8 heteroatoms. The first-order valence-electron chi connectivity index (χ1n) is 11.6. The summed E-state index contributed by atoms with van der Waals surface area (Å²) in [4.78, 5) is 26.8. The van der Waals surface area contributed by atoms with Crippen LogP contribution in [0.4, 0.5) is 0 Å². The number of carbonyl (C=O) groups excluding carboxylic acids is 2. The van der Waals surface area contributed by atoms with Crippen molar-refractivity contribution in [3.63, 3.8) is 0 Å². The molecule has 2 atom stereocenters. The Hall–Kier alpha value is -3.94. The van der Waals surface area contributed by atoms with Crippen molar-refractivity contribution in [3.8, 4) is 23.0 Å². The second kappa shape index (κ2) is 10.4. The van der Waals surface area contributed by atoms with Crippen molar-refractivity contribution in [1.29, 1.82) is 0 Å². The van der Waals surface area contributed by atoms with Crippen LogP contribution in [0, 0.1) is 0 Å². The number of nitrogens with one attached hydrogen (secondary N) is 1. The van der Waals surface area contributed by atoms with Gasteiger partial charge in [-0.25, -0.2) is 4.79 Å². The number of allylic oxidation sites excluding steroid dienone is 3. The van der Waals surface area contributed by atoms with E-state index in [1.807, 2.05) is 31.2 Å². The summed E-state index contributed by atoms with van der Waals surface area (Å²) in [7, 11) is 7.53. The second-order valence-electron chi connectivity index (χ2n) is 8.67. The average molecular weight is 494 g/mol. The Morgan fingerprint density at radius 2 is 1.53 bits per heavy atom. The predicted octanol–water partition coefficient (Wildman–Crippen LogP) is 4.26. The Labute approximate surface area is 210 Å². The molecule has 0 bridgehead atoms. The molecule has 0 saturated heterocycles. The molecule has 0 fully saturated rings. The van der Waals surface area contributed by atoms with Crippen molar-refractivity contribution in [3.05, 3.63) is 70.1 Å². The first-order valence-corrected chi connectivity index (χ1v) is 11.6. The molecule has 2 aliphatic rings. The van der Waals surface area contributed by atoms with Crippen molar-refractivity contribution in [2.45, 2.75) is 31.6 Å². The van der Waals surface area contributed by atoms with E-state index in [0.717, 1.165) is 17.0 Å². The third kappa shape index (κ3) is 4.17. The van der Waals surface area contributed by atoms with Gasteiger partial charge in [0.2, 0.25) is 5.75 Å². The Bertz CT molecular complexity index is 1260. The number of esters is 1. The van der Waals surface area contributed by atoms with Crippen molar-refractivity contribution in [1.82, 2.24) is 5.32 Å². The molecule has 0 unspecified atom stereocenters. The summed E-state index contributed by atoms with van der Waals surface area (Å²) in [5, 5.41) is 3.34. The van der Waals surface area contributed by atoms with Gasteiger partial charge in [0.1, 0.15) is 5.75 Å². The highest BCUT2D eigenvalue weighted by atomic mass is 16.5. The lowest BCUT2D eigenvalue weighted by Crippen LogP contribution is -2.36. The van der Waals surface area contributed by atoms with E-state index >= 15 is 0 Å². The number of Topliss-reactive ketones (excluding diaryl/α,β-unsaturated/α-hetero) is 1. The summed E-state index contributed by atoms with van der Waals surface area (Å²) in [6.45, 7) is 1.81. The summed E-state index contributed by atoms with van der Waals surface area (Å²) < 4.78 is 27.5. The standard InChI is InChI=1S/C28H31NO7/c1-15-23(28(31)36-6)24(18-11-12-22(33-3)27(35-5)26(18)34-4)25-19(29-15)13-16(14-20(25)30)17-9-7-8-10-21(17)32-2/h7-12,16,24,29H,13-14H2,1-6H3/t16-,24-/m0/s1. The van der Waals surface area contributed by atoms with E-state index in [-0.39, 0.29) is 18.1 Å².